The number of amides is 1. The highest BCUT2D eigenvalue weighted by Gasteiger charge is 2.22. The predicted octanol–water partition coefficient (Wildman–Crippen LogP) is 1.25. The lowest BCUT2D eigenvalue weighted by Gasteiger charge is -2.34. The van der Waals surface area contributed by atoms with Gasteiger partial charge >= 0.3 is 0 Å². The molecule has 0 radical (unpaired) electrons. The van der Waals surface area contributed by atoms with E-state index in [-0.39, 0.29) is 48.9 Å². The monoisotopic (exact) mass is 414 g/mol. The molecule has 0 spiro atoms. The summed E-state index contributed by atoms with van der Waals surface area (Å²) in [5.74, 6) is -0.0368. The zero-order chi connectivity index (χ0) is 19.9. The van der Waals surface area contributed by atoms with Crippen LogP contribution in [0, 0.1) is 0 Å². The van der Waals surface area contributed by atoms with Crippen molar-refractivity contribution in [3.63, 3.8) is 0 Å². The Bertz CT molecular complexity index is 751. The van der Waals surface area contributed by atoms with Crippen molar-refractivity contribution < 1.29 is 22.8 Å². The second-order valence-corrected chi connectivity index (χ2v) is 10.00. The molecular weight excluding hydrogens is 388 g/mol. The highest BCUT2D eigenvalue weighted by molar-refractivity contribution is 7.90. The molecule has 1 aromatic heterocycles. The van der Waals surface area contributed by atoms with E-state index in [1.54, 1.807) is 17.0 Å². The van der Waals surface area contributed by atoms with Crippen molar-refractivity contribution in [2.45, 2.75) is 25.7 Å². The number of hydrogen-bond acceptors (Lipinski definition) is 7. The number of ketones is 2. The van der Waals surface area contributed by atoms with Crippen molar-refractivity contribution in [2.75, 3.05) is 44.7 Å². The van der Waals surface area contributed by atoms with E-state index >= 15 is 0 Å². The largest absolute Gasteiger partial charge is 0.340 e. The van der Waals surface area contributed by atoms with Gasteiger partial charge in [0.25, 0.3) is 0 Å². The fourth-order valence-corrected chi connectivity index (χ4v) is 4.14. The number of rotatable bonds is 10. The summed E-state index contributed by atoms with van der Waals surface area (Å²) in [6.07, 6.45) is 1.90. The summed E-state index contributed by atoms with van der Waals surface area (Å²) in [6.45, 7) is 2.87. The topological polar surface area (TPSA) is 91.8 Å². The Labute approximate surface area is 164 Å². The molecule has 0 aliphatic carbocycles. The quantitative estimate of drug-likeness (QED) is 0.535. The van der Waals surface area contributed by atoms with E-state index in [1.807, 2.05) is 10.3 Å². The van der Waals surface area contributed by atoms with Crippen LogP contribution in [0.3, 0.4) is 0 Å². The Morgan fingerprint density at radius 2 is 1.70 bits per heavy atom. The van der Waals surface area contributed by atoms with Gasteiger partial charge in [0.15, 0.2) is 5.78 Å². The van der Waals surface area contributed by atoms with Gasteiger partial charge in [-0.15, -0.1) is 11.3 Å². The fourth-order valence-electron chi connectivity index (χ4n) is 2.86. The van der Waals surface area contributed by atoms with Crippen molar-refractivity contribution in [2.24, 2.45) is 0 Å². The minimum atomic E-state index is -2.98. The molecule has 9 heteroatoms. The van der Waals surface area contributed by atoms with Crippen LogP contribution >= 0.6 is 11.3 Å². The third kappa shape index (κ3) is 7.90. The van der Waals surface area contributed by atoms with E-state index in [4.69, 9.17) is 0 Å². The molecule has 0 saturated carbocycles. The van der Waals surface area contributed by atoms with E-state index in [9.17, 15) is 22.8 Å². The van der Waals surface area contributed by atoms with Crippen LogP contribution in [-0.4, -0.2) is 80.4 Å². The van der Waals surface area contributed by atoms with Crippen LogP contribution in [0.25, 0.3) is 0 Å². The molecule has 0 atom stereocenters. The highest BCUT2D eigenvalue weighted by Crippen LogP contribution is 2.13. The first-order valence-corrected chi connectivity index (χ1v) is 11.9. The van der Waals surface area contributed by atoms with Gasteiger partial charge in [-0.05, 0) is 11.4 Å². The van der Waals surface area contributed by atoms with E-state index < -0.39 is 9.84 Å². The van der Waals surface area contributed by atoms with E-state index in [1.165, 1.54) is 17.6 Å². The second-order valence-electron chi connectivity index (χ2n) is 6.79. The normalized spacial score (nSPS) is 15.7. The molecule has 150 valence electrons. The lowest BCUT2D eigenvalue weighted by molar-refractivity contribution is -0.134. The summed E-state index contributed by atoms with van der Waals surface area (Å²) in [7, 11) is -2.98. The molecule has 1 aromatic rings. The minimum absolute atomic E-state index is 0.0325. The van der Waals surface area contributed by atoms with Crippen molar-refractivity contribution in [1.29, 1.82) is 0 Å². The Hall–Kier alpha value is -1.58. The Kier molecular flexibility index (Phi) is 8.12. The number of Topliss-reactive ketones (excluding diaryl/α,β-unsaturated/α-hetero) is 2. The van der Waals surface area contributed by atoms with Crippen LogP contribution in [0.4, 0.5) is 0 Å². The number of hydrogen-bond donors (Lipinski definition) is 0. The Balaban J connectivity index is 1.63. The summed E-state index contributed by atoms with van der Waals surface area (Å²) >= 11 is 1.37. The molecule has 0 bridgehead atoms. The van der Waals surface area contributed by atoms with Crippen LogP contribution in [0.2, 0.25) is 0 Å². The van der Waals surface area contributed by atoms with Gasteiger partial charge < -0.3 is 4.90 Å². The fraction of sp³-hybridized carbons (Fsp3) is 0.611. The lowest BCUT2D eigenvalue weighted by atomic mass is 10.1. The number of thiophene rings is 1. The molecule has 1 fully saturated rings. The molecule has 0 aromatic carbocycles. The Morgan fingerprint density at radius 1 is 1.04 bits per heavy atom. The first kappa shape index (κ1) is 21.7. The van der Waals surface area contributed by atoms with Crippen LogP contribution in [0.5, 0.6) is 0 Å². The summed E-state index contributed by atoms with van der Waals surface area (Å²) in [5, 5.41) is 1.83. The van der Waals surface area contributed by atoms with Gasteiger partial charge in [-0.3, -0.25) is 19.3 Å². The molecule has 1 saturated heterocycles. The molecule has 0 N–H and O–H groups in total. The van der Waals surface area contributed by atoms with Crippen LogP contribution in [-0.2, 0) is 19.4 Å². The number of carbonyl (C=O) groups excluding carboxylic acids is 3. The van der Waals surface area contributed by atoms with Gasteiger partial charge in [-0.2, -0.15) is 0 Å². The van der Waals surface area contributed by atoms with Crippen molar-refractivity contribution in [1.82, 2.24) is 9.80 Å². The Morgan fingerprint density at radius 3 is 2.30 bits per heavy atom. The zero-order valence-corrected chi connectivity index (χ0v) is 17.2. The van der Waals surface area contributed by atoms with Crippen LogP contribution < -0.4 is 0 Å². The third-order valence-corrected chi connectivity index (χ3v) is 6.38. The third-order valence-electron chi connectivity index (χ3n) is 4.55. The number of nitrogens with zero attached hydrogens (tertiary/aromatic N) is 2. The van der Waals surface area contributed by atoms with Crippen LogP contribution in [0.1, 0.15) is 35.4 Å². The van der Waals surface area contributed by atoms with Crippen molar-refractivity contribution in [3.05, 3.63) is 22.4 Å². The average molecular weight is 415 g/mol. The van der Waals surface area contributed by atoms with E-state index in [2.05, 4.69) is 0 Å². The molecule has 2 heterocycles. The summed E-state index contributed by atoms with van der Waals surface area (Å²) < 4.78 is 22.4. The predicted molar refractivity (Wildman–Crippen MR) is 105 cm³/mol. The number of piperazine rings is 1. The molecular formula is C18H26N2O5S2. The number of sulfone groups is 1. The molecule has 1 amide bonds. The molecule has 1 aliphatic rings. The minimum Gasteiger partial charge on any atom is -0.340 e. The SMILES string of the molecule is CS(=O)(=O)CCN1CCN(C(=O)CCC(=O)CCC(=O)c2cccs2)CC1. The van der Waals surface area contributed by atoms with Gasteiger partial charge in [0.05, 0.1) is 10.6 Å². The second kappa shape index (κ2) is 10.1. The summed E-state index contributed by atoms with van der Waals surface area (Å²) in [5.41, 5.74) is 0. The first-order chi connectivity index (χ1) is 12.7. The average Bonchev–Trinajstić information content (AvgIpc) is 3.17. The highest BCUT2D eigenvalue weighted by atomic mass is 32.2. The van der Waals surface area contributed by atoms with E-state index in [0.29, 0.717) is 37.6 Å². The maximum absolute atomic E-state index is 12.2. The number of carbonyl (C=O) groups is 3. The molecule has 27 heavy (non-hydrogen) atoms. The van der Waals surface area contributed by atoms with Gasteiger partial charge in [0, 0.05) is 64.7 Å². The van der Waals surface area contributed by atoms with Gasteiger partial charge in [0.2, 0.25) is 5.91 Å². The summed E-state index contributed by atoms with van der Waals surface area (Å²) in [6, 6.07) is 3.55. The van der Waals surface area contributed by atoms with Gasteiger partial charge in [-0.1, -0.05) is 6.07 Å². The molecule has 0 unspecified atom stereocenters. The zero-order valence-electron chi connectivity index (χ0n) is 15.6. The molecule has 2 rings (SSSR count). The van der Waals surface area contributed by atoms with Gasteiger partial charge in [-0.25, -0.2) is 8.42 Å². The van der Waals surface area contributed by atoms with Gasteiger partial charge in [0.1, 0.15) is 15.6 Å². The van der Waals surface area contributed by atoms with Crippen molar-refractivity contribution >= 4 is 38.6 Å². The maximum atomic E-state index is 12.2. The molecule has 1 aliphatic heterocycles. The van der Waals surface area contributed by atoms with Crippen LogP contribution in [0.15, 0.2) is 17.5 Å². The smallest absolute Gasteiger partial charge is 0.223 e. The van der Waals surface area contributed by atoms with Crippen molar-refractivity contribution in [3.8, 4) is 0 Å². The maximum Gasteiger partial charge on any atom is 0.223 e. The lowest BCUT2D eigenvalue weighted by Crippen LogP contribution is -2.49. The summed E-state index contributed by atoms with van der Waals surface area (Å²) in [4.78, 5) is 40.5. The first-order valence-electron chi connectivity index (χ1n) is 9.01. The van der Waals surface area contributed by atoms with E-state index in [0.717, 1.165) is 0 Å². The standard InChI is InChI=1S/C18H26N2O5S2/c1-27(24,25)14-12-19-8-10-20(11-9-19)18(23)7-5-15(21)4-6-16(22)17-3-2-13-26-17/h2-3,13H,4-12,14H2,1H3. The molecule has 7 nitrogen and oxygen atoms in total.